The molecule has 2 atom stereocenters. The number of rotatable bonds is 8. The van der Waals surface area contributed by atoms with Crippen molar-refractivity contribution in [2.45, 2.75) is 32.2 Å². The number of carbonyl (C=O) groups is 2. The fourth-order valence-electron chi connectivity index (χ4n) is 2.59. The van der Waals surface area contributed by atoms with Gasteiger partial charge in [-0.2, -0.15) is 0 Å². The maximum Gasteiger partial charge on any atom is 0.404 e. The molecule has 8 nitrogen and oxygen atoms in total. The molecule has 0 fully saturated rings. The number of hydroxylamine groups is 1. The second kappa shape index (κ2) is 9.67. The van der Waals surface area contributed by atoms with Crippen LogP contribution in [-0.2, 0) is 17.9 Å². The van der Waals surface area contributed by atoms with Crippen molar-refractivity contribution in [2.24, 2.45) is 0 Å². The normalized spacial score (nSPS) is 12.9. The summed E-state index contributed by atoms with van der Waals surface area (Å²) in [5.41, 5.74) is 5.31. The molecule has 8 heteroatoms. The first-order valence-corrected chi connectivity index (χ1v) is 8.41. The van der Waals surface area contributed by atoms with Gasteiger partial charge in [-0.05, 0) is 29.2 Å². The van der Waals surface area contributed by atoms with Crippen LogP contribution in [0.3, 0.4) is 0 Å². The predicted octanol–water partition coefficient (Wildman–Crippen LogP) is 1.47. The molecular weight excluding hydrogens is 350 g/mol. The van der Waals surface area contributed by atoms with Crippen LogP contribution in [0.5, 0.6) is 0 Å². The topological polar surface area (TPSA) is 131 Å². The maximum absolute atomic E-state index is 11.5. The van der Waals surface area contributed by atoms with E-state index in [1.165, 1.54) is 12.4 Å². The predicted molar refractivity (Wildman–Crippen MR) is 99.0 cm³/mol. The average Bonchev–Trinajstić information content (AvgIpc) is 2.67. The van der Waals surface area contributed by atoms with Gasteiger partial charge in [0.05, 0.1) is 6.10 Å². The van der Waals surface area contributed by atoms with E-state index in [9.17, 15) is 14.7 Å². The molecule has 0 radical (unpaired) electrons. The second-order valence-electron chi connectivity index (χ2n) is 6.13. The molecule has 2 rings (SSSR count). The van der Waals surface area contributed by atoms with Crippen LogP contribution < -0.4 is 16.1 Å². The molecule has 2 amide bonds. The van der Waals surface area contributed by atoms with Gasteiger partial charge in [0, 0.05) is 13.1 Å². The van der Waals surface area contributed by atoms with Crippen LogP contribution in [0.1, 0.15) is 18.1 Å². The monoisotopic (exact) mass is 373 g/mol. The maximum atomic E-state index is 11.5. The summed E-state index contributed by atoms with van der Waals surface area (Å²) < 4.78 is 0. The molecule has 2 aromatic rings. The van der Waals surface area contributed by atoms with E-state index >= 15 is 0 Å². The van der Waals surface area contributed by atoms with Gasteiger partial charge in [0.15, 0.2) is 0 Å². The van der Waals surface area contributed by atoms with Crippen LogP contribution >= 0.6 is 0 Å². The summed E-state index contributed by atoms with van der Waals surface area (Å²) in [6, 6.07) is 14.3. The lowest BCUT2D eigenvalue weighted by Gasteiger charge is -2.19. The zero-order chi connectivity index (χ0) is 19.8. The molecular formula is C19H23N3O5. The van der Waals surface area contributed by atoms with Crippen molar-refractivity contribution >= 4 is 12.0 Å². The molecule has 0 aliphatic heterocycles. The highest BCUT2D eigenvalue weighted by atomic mass is 16.5. The Kier molecular flexibility index (Phi) is 7.30. The number of benzene rings is 2. The Morgan fingerprint density at radius 3 is 1.81 bits per heavy atom. The molecule has 27 heavy (non-hydrogen) atoms. The van der Waals surface area contributed by atoms with E-state index in [0.717, 1.165) is 22.3 Å². The first-order valence-electron chi connectivity index (χ1n) is 8.41. The number of hydrogen-bond acceptors (Lipinski definition) is 5. The molecule has 0 saturated heterocycles. The Morgan fingerprint density at radius 1 is 0.926 bits per heavy atom. The van der Waals surface area contributed by atoms with Crippen molar-refractivity contribution < 1.29 is 25.0 Å². The van der Waals surface area contributed by atoms with Gasteiger partial charge in [0.2, 0.25) is 0 Å². The van der Waals surface area contributed by atoms with Crippen LogP contribution in [-0.4, -0.2) is 39.6 Å². The van der Waals surface area contributed by atoms with Crippen molar-refractivity contribution in [1.29, 1.82) is 0 Å². The highest BCUT2D eigenvalue weighted by Gasteiger charge is 2.22. The van der Waals surface area contributed by atoms with E-state index in [-0.39, 0.29) is 6.54 Å². The molecule has 0 unspecified atom stereocenters. The Labute approximate surface area is 156 Å². The fraction of sp³-hybridized carbons (Fsp3) is 0.263. The molecule has 2 aromatic carbocycles. The first kappa shape index (κ1) is 20.4. The zero-order valence-electron chi connectivity index (χ0n) is 14.8. The van der Waals surface area contributed by atoms with Gasteiger partial charge in [-0.3, -0.25) is 15.3 Å². The summed E-state index contributed by atoms with van der Waals surface area (Å²) in [6.07, 6.45) is -2.01. The van der Waals surface area contributed by atoms with Gasteiger partial charge in [0.1, 0.15) is 6.04 Å². The van der Waals surface area contributed by atoms with E-state index in [0.29, 0.717) is 6.54 Å². The van der Waals surface area contributed by atoms with Gasteiger partial charge in [-0.1, -0.05) is 48.5 Å². The molecule has 0 aliphatic rings. The minimum Gasteiger partial charge on any atom is -0.465 e. The van der Waals surface area contributed by atoms with Crippen molar-refractivity contribution in [1.82, 2.24) is 16.1 Å². The standard InChI is InChI=1S/C19H23N3O5/c1-12(23)17(18(24)22-27)20-10-13-2-6-15(7-3-13)16-8-4-14(5-9-16)11-21-19(25)26/h2-9,12,17,20-21,23,27H,10-11H2,1H3,(H,22,24)(H,25,26)/t12-,17+/m1/s1. The fourth-order valence-corrected chi connectivity index (χ4v) is 2.59. The molecule has 144 valence electrons. The van der Waals surface area contributed by atoms with Gasteiger partial charge in [-0.25, -0.2) is 10.3 Å². The quantitative estimate of drug-likeness (QED) is 0.307. The number of nitrogens with one attached hydrogen (secondary N) is 3. The second-order valence-corrected chi connectivity index (χ2v) is 6.13. The van der Waals surface area contributed by atoms with Gasteiger partial charge < -0.3 is 15.5 Å². The van der Waals surface area contributed by atoms with Crippen LogP contribution in [0, 0.1) is 0 Å². The van der Waals surface area contributed by atoms with E-state index in [4.69, 9.17) is 10.3 Å². The number of aliphatic hydroxyl groups is 1. The number of carbonyl (C=O) groups excluding carboxylic acids is 1. The molecule has 0 heterocycles. The third kappa shape index (κ3) is 6.07. The smallest absolute Gasteiger partial charge is 0.404 e. The number of hydrogen-bond donors (Lipinski definition) is 6. The number of aliphatic hydroxyl groups excluding tert-OH is 1. The molecule has 0 saturated carbocycles. The Hall–Kier alpha value is -2.94. The van der Waals surface area contributed by atoms with Crippen LogP contribution in [0.15, 0.2) is 48.5 Å². The zero-order valence-corrected chi connectivity index (χ0v) is 14.8. The minimum absolute atomic E-state index is 0.256. The molecule has 0 aromatic heterocycles. The van der Waals surface area contributed by atoms with Crippen LogP contribution in [0.2, 0.25) is 0 Å². The lowest BCUT2D eigenvalue weighted by molar-refractivity contribution is -0.134. The lowest BCUT2D eigenvalue weighted by atomic mass is 10.0. The van der Waals surface area contributed by atoms with Crippen LogP contribution in [0.4, 0.5) is 4.79 Å². The Bertz CT molecular complexity index is 760. The number of amides is 2. The van der Waals surface area contributed by atoms with E-state index in [2.05, 4.69) is 10.6 Å². The van der Waals surface area contributed by atoms with E-state index in [1.54, 1.807) is 0 Å². The van der Waals surface area contributed by atoms with E-state index in [1.807, 2.05) is 48.5 Å². The Morgan fingerprint density at radius 2 is 1.41 bits per heavy atom. The van der Waals surface area contributed by atoms with Gasteiger partial charge >= 0.3 is 6.09 Å². The molecule has 0 aliphatic carbocycles. The van der Waals surface area contributed by atoms with E-state index < -0.39 is 24.1 Å². The third-order valence-electron chi connectivity index (χ3n) is 4.09. The largest absolute Gasteiger partial charge is 0.465 e. The summed E-state index contributed by atoms with van der Waals surface area (Å²) in [4.78, 5) is 22.0. The summed E-state index contributed by atoms with van der Waals surface area (Å²) in [5, 5.41) is 32.2. The third-order valence-corrected chi connectivity index (χ3v) is 4.09. The SMILES string of the molecule is C[C@@H](O)[C@H](NCc1ccc(-c2ccc(CNC(=O)O)cc2)cc1)C(=O)NO. The summed E-state index contributed by atoms with van der Waals surface area (Å²) in [7, 11) is 0. The van der Waals surface area contributed by atoms with Gasteiger partial charge in [0.25, 0.3) is 5.91 Å². The van der Waals surface area contributed by atoms with Crippen molar-refractivity contribution in [2.75, 3.05) is 0 Å². The average molecular weight is 373 g/mol. The minimum atomic E-state index is -1.06. The highest BCUT2D eigenvalue weighted by molar-refractivity contribution is 5.81. The van der Waals surface area contributed by atoms with Gasteiger partial charge in [-0.15, -0.1) is 0 Å². The molecule has 0 spiro atoms. The molecule has 6 N–H and O–H groups in total. The summed E-state index contributed by atoms with van der Waals surface area (Å²) in [5.74, 6) is -0.695. The Balaban J connectivity index is 1.98. The van der Waals surface area contributed by atoms with Crippen molar-refractivity contribution in [3.05, 3.63) is 59.7 Å². The summed E-state index contributed by atoms with van der Waals surface area (Å²) in [6.45, 7) is 2.07. The lowest BCUT2D eigenvalue weighted by Crippen LogP contribution is -2.49. The van der Waals surface area contributed by atoms with Crippen LogP contribution in [0.25, 0.3) is 11.1 Å². The number of carboxylic acid groups (broad SMARTS) is 1. The summed E-state index contributed by atoms with van der Waals surface area (Å²) >= 11 is 0. The first-order chi connectivity index (χ1) is 12.9. The van der Waals surface area contributed by atoms with Crippen molar-refractivity contribution in [3.63, 3.8) is 0 Å². The van der Waals surface area contributed by atoms with Crippen molar-refractivity contribution in [3.8, 4) is 11.1 Å². The molecule has 0 bridgehead atoms. The highest BCUT2D eigenvalue weighted by Crippen LogP contribution is 2.20.